The highest BCUT2D eigenvalue weighted by Gasteiger charge is 2.27. The van der Waals surface area contributed by atoms with Gasteiger partial charge < -0.3 is 20.5 Å². The average Bonchev–Trinajstić information content (AvgIpc) is 2.57. The summed E-state index contributed by atoms with van der Waals surface area (Å²) in [5.74, 6) is -0.0258. The van der Waals surface area contributed by atoms with Gasteiger partial charge in [-0.05, 0) is 25.1 Å². The number of nitrogens with one attached hydrogen (secondary N) is 1. The molecule has 1 saturated heterocycles. The normalized spacial score (nSPS) is 15.4. The summed E-state index contributed by atoms with van der Waals surface area (Å²) in [4.78, 5) is 11.6. The fourth-order valence-corrected chi connectivity index (χ4v) is 3.62. The van der Waals surface area contributed by atoms with Crippen molar-refractivity contribution in [2.24, 2.45) is 5.73 Å². The van der Waals surface area contributed by atoms with Crippen LogP contribution >= 0.6 is 12.4 Å². The second-order valence-corrected chi connectivity index (χ2v) is 6.80. The average molecular weight is 380 g/mol. The van der Waals surface area contributed by atoms with Gasteiger partial charge in [0, 0.05) is 13.1 Å². The van der Waals surface area contributed by atoms with Crippen molar-refractivity contribution in [1.29, 1.82) is 0 Å². The van der Waals surface area contributed by atoms with Crippen molar-refractivity contribution in [2.75, 3.05) is 44.8 Å². The molecule has 10 heteroatoms. The van der Waals surface area contributed by atoms with Crippen LogP contribution in [0.5, 0.6) is 5.75 Å². The minimum absolute atomic E-state index is 0. The zero-order valence-electron chi connectivity index (χ0n) is 13.4. The molecule has 0 bridgehead atoms. The van der Waals surface area contributed by atoms with Gasteiger partial charge in [-0.15, -0.1) is 12.4 Å². The molecule has 1 amide bonds. The molecule has 1 fully saturated rings. The maximum Gasteiger partial charge on any atom is 0.243 e. The molecule has 136 valence electrons. The summed E-state index contributed by atoms with van der Waals surface area (Å²) in [7, 11) is -3.64. The second-order valence-electron chi connectivity index (χ2n) is 4.86. The van der Waals surface area contributed by atoms with Gasteiger partial charge in [0.25, 0.3) is 0 Å². The number of nitrogens with two attached hydrogens (primary N) is 1. The first-order valence-electron chi connectivity index (χ1n) is 7.33. The Morgan fingerprint density at radius 2 is 2.04 bits per heavy atom. The monoisotopic (exact) mass is 379 g/mol. The molecule has 1 heterocycles. The molecule has 2 rings (SSSR count). The predicted molar refractivity (Wildman–Crippen MR) is 92.1 cm³/mol. The number of halogens is 1. The Morgan fingerprint density at radius 3 is 2.62 bits per heavy atom. The zero-order chi connectivity index (χ0) is 16.9. The van der Waals surface area contributed by atoms with Gasteiger partial charge in [-0.25, -0.2) is 8.42 Å². The fraction of sp³-hybridized carbons (Fsp3) is 0.500. The Labute approximate surface area is 147 Å². The Balaban J connectivity index is 0.00000288. The van der Waals surface area contributed by atoms with Crippen molar-refractivity contribution in [1.82, 2.24) is 4.31 Å². The lowest BCUT2D eigenvalue weighted by Gasteiger charge is -2.26. The van der Waals surface area contributed by atoms with Crippen LogP contribution in [-0.4, -0.2) is 58.1 Å². The molecule has 0 atom stereocenters. The molecule has 0 spiro atoms. The van der Waals surface area contributed by atoms with Crippen LogP contribution in [0.3, 0.4) is 0 Å². The van der Waals surface area contributed by atoms with E-state index in [4.69, 9.17) is 15.2 Å². The lowest BCUT2D eigenvalue weighted by Crippen LogP contribution is -2.40. The third-order valence-electron chi connectivity index (χ3n) is 3.32. The maximum absolute atomic E-state index is 12.7. The number of ether oxygens (including phenoxy) is 2. The van der Waals surface area contributed by atoms with Crippen LogP contribution in [0.2, 0.25) is 0 Å². The van der Waals surface area contributed by atoms with Crippen LogP contribution < -0.4 is 15.8 Å². The number of hydrogen-bond acceptors (Lipinski definition) is 6. The first kappa shape index (κ1) is 20.7. The zero-order valence-corrected chi connectivity index (χ0v) is 15.0. The van der Waals surface area contributed by atoms with Gasteiger partial charge >= 0.3 is 0 Å². The Hall–Kier alpha value is -1.39. The highest BCUT2D eigenvalue weighted by molar-refractivity contribution is 7.89. The number of carbonyl (C=O) groups is 1. The molecule has 0 aromatic heterocycles. The van der Waals surface area contributed by atoms with Crippen molar-refractivity contribution in [3.05, 3.63) is 18.2 Å². The van der Waals surface area contributed by atoms with E-state index in [9.17, 15) is 13.2 Å². The van der Waals surface area contributed by atoms with Gasteiger partial charge in [0.1, 0.15) is 5.75 Å². The summed E-state index contributed by atoms with van der Waals surface area (Å²) in [6.07, 6.45) is 0. The topological polar surface area (TPSA) is 111 Å². The van der Waals surface area contributed by atoms with Gasteiger partial charge in [-0.1, -0.05) is 0 Å². The highest BCUT2D eigenvalue weighted by Crippen LogP contribution is 2.29. The molecule has 0 aliphatic carbocycles. The number of sulfonamides is 1. The Kier molecular flexibility index (Phi) is 7.91. The molecule has 1 aromatic carbocycles. The summed E-state index contributed by atoms with van der Waals surface area (Å²) < 4.78 is 37.3. The van der Waals surface area contributed by atoms with Gasteiger partial charge in [0.05, 0.1) is 36.9 Å². The lowest BCUT2D eigenvalue weighted by molar-refractivity contribution is -0.114. The van der Waals surface area contributed by atoms with Gasteiger partial charge in [0.2, 0.25) is 15.9 Å². The SMILES string of the molecule is CCOc1ccc(S(=O)(=O)N2CCOCC2)cc1NC(=O)CN.Cl. The van der Waals surface area contributed by atoms with Crippen LogP contribution in [-0.2, 0) is 19.6 Å². The standard InChI is InChI=1S/C14H21N3O5S.ClH/c1-2-22-13-4-3-11(9-12(13)16-14(18)10-15)23(19,20)17-5-7-21-8-6-17;/h3-4,9H,2,5-8,10,15H2,1H3,(H,16,18);1H. The van der Waals surface area contributed by atoms with Crippen LogP contribution in [0.15, 0.2) is 23.1 Å². The number of carbonyl (C=O) groups excluding carboxylic acids is 1. The summed E-state index contributed by atoms with van der Waals surface area (Å²) in [6, 6.07) is 4.39. The van der Waals surface area contributed by atoms with Crippen molar-refractivity contribution in [2.45, 2.75) is 11.8 Å². The largest absolute Gasteiger partial charge is 0.492 e. The number of morpholine rings is 1. The Bertz CT molecular complexity index is 662. The van der Waals surface area contributed by atoms with Crippen molar-refractivity contribution in [3.8, 4) is 5.75 Å². The minimum atomic E-state index is -3.64. The van der Waals surface area contributed by atoms with Gasteiger partial charge in [-0.2, -0.15) is 4.31 Å². The maximum atomic E-state index is 12.7. The van der Waals surface area contributed by atoms with E-state index in [1.807, 2.05) is 0 Å². The first-order chi connectivity index (χ1) is 11.0. The van der Waals surface area contributed by atoms with E-state index in [1.165, 1.54) is 22.5 Å². The van der Waals surface area contributed by atoms with E-state index in [0.717, 1.165) is 0 Å². The summed E-state index contributed by atoms with van der Waals surface area (Å²) >= 11 is 0. The molecule has 1 aromatic rings. The van der Waals surface area contributed by atoms with Crippen molar-refractivity contribution >= 4 is 34.0 Å². The molecule has 1 aliphatic heterocycles. The molecule has 0 unspecified atom stereocenters. The summed E-state index contributed by atoms with van der Waals surface area (Å²) in [5, 5.41) is 2.56. The van der Waals surface area contributed by atoms with E-state index in [2.05, 4.69) is 5.32 Å². The number of anilines is 1. The molecular weight excluding hydrogens is 358 g/mol. The fourth-order valence-electron chi connectivity index (χ4n) is 2.19. The van der Waals surface area contributed by atoms with Crippen LogP contribution in [0, 0.1) is 0 Å². The van der Waals surface area contributed by atoms with E-state index in [-0.39, 0.29) is 29.5 Å². The van der Waals surface area contributed by atoms with E-state index >= 15 is 0 Å². The molecule has 3 N–H and O–H groups in total. The lowest BCUT2D eigenvalue weighted by atomic mass is 10.3. The Morgan fingerprint density at radius 1 is 1.38 bits per heavy atom. The molecule has 0 radical (unpaired) electrons. The van der Waals surface area contributed by atoms with E-state index in [0.29, 0.717) is 38.7 Å². The number of nitrogens with zero attached hydrogens (tertiary/aromatic N) is 1. The van der Waals surface area contributed by atoms with Gasteiger partial charge in [-0.3, -0.25) is 4.79 Å². The summed E-state index contributed by atoms with van der Waals surface area (Å²) in [6.45, 7) is 3.33. The third kappa shape index (κ3) is 4.81. The molecular formula is C14H22ClN3O5S. The predicted octanol–water partition coefficient (Wildman–Crippen LogP) is 0.425. The minimum Gasteiger partial charge on any atom is -0.492 e. The molecule has 1 aliphatic rings. The number of benzene rings is 1. The molecule has 24 heavy (non-hydrogen) atoms. The number of rotatable bonds is 6. The second kappa shape index (κ2) is 9.19. The van der Waals surface area contributed by atoms with E-state index in [1.54, 1.807) is 6.92 Å². The quantitative estimate of drug-likeness (QED) is 0.741. The van der Waals surface area contributed by atoms with Crippen molar-refractivity contribution < 1.29 is 22.7 Å². The highest BCUT2D eigenvalue weighted by atomic mass is 35.5. The number of hydrogen-bond donors (Lipinski definition) is 2. The first-order valence-corrected chi connectivity index (χ1v) is 8.77. The number of amides is 1. The van der Waals surface area contributed by atoms with E-state index < -0.39 is 15.9 Å². The smallest absolute Gasteiger partial charge is 0.243 e. The summed E-state index contributed by atoms with van der Waals surface area (Å²) in [5.41, 5.74) is 5.58. The third-order valence-corrected chi connectivity index (χ3v) is 5.21. The van der Waals surface area contributed by atoms with Crippen LogP contribution in [0.1, 0.15) is 6.92 Å². The molecule has 8 nitrogen and oxygen atoms in total. The van der Waals surface area contributed by atoms with Crippen LogP contribution in [0.25, 0.3) is 0 Å². The molecule has 0 saturated carbocycles. The van der Waals surface area contributed by atoms with Gasteiger partial charge in [0.15, 0.2) is 0 Å². The van der Waals surface area contributed by atoms with Crippen LogP contribution in [0.4, 0.5) is 5.69 Å². The van der Waals surface area contributed by atoms with Crippen molar-refractivity contribution in [3.63, 3.8) is 0 Å².